The van der Waals surface area contributed by atoms with E-state index >= 15 is 0 Å². The summed E-state index contributed by atoms with van der Waals surface area (Å²) in [7, 11) is 0. The number of anilines is 1. The minimum atomic E-state index is 0.312. The summed E-state index contributed by atoms with van der Waals surface area (Å²) in [5.74, 6) is 0.883. The van der Waals surface area contributed by atoms with Crippen LogP contribution in [-0.2, 0) is 11.3 Å². The fourth-order valence-corrected chi connectivity index (χ4v) is 5.63. The predicted octanol–water partition coefficient (Wildman–Crippen LogP) is 4.36. The van der Waals surface area contributed by atoms with Crippen LogP contribution >= 0.6 is 22.6 Å². The molecule has 0 radical (unpaired) electrons. The number of amides is 1. The zero-order valence-corrected chi connectivity index (χ0v) is 16.2. The third-order valence-electron chi connectivity index (χ3n) is 6.09. The smallest absolute Gasteiger partial charge is 0.227 e. The van der Waals surface area contributed by atoms with Gasteiger partial charge < -0.3 is 4.90 Å². The number of hydrogen-bond donors (Lipinski definition) is 0. The maximum Gasteiger partial charge on any atom is 0.227 e. The Morgan fingerprint density at radius 3 is 2.76 bits per heavy atom. The van der Waals surface area contributed by atoms with Crippen molar-refractivity contribution in [1.82, 2.24) is 4.90 Å². The number of fused-ring (bicyclic) bond motifs is 6. The number of halogens is 1. The quantitative estimate of drug-likeness (QED) is 0.643. The Kier molecular flexibility index (Phi) is 3.86. The van der Waals surface area contributed by atoms with Crippen molar-refractivity contribution < 1.29 is 4.79 Å². The van der Waals surface area contributed by atoms with Crippen LogP contribution in [0.15, 0.2) is 48.5 Å². The molecule has 3 heterocycles. The SMILES string of the molecule is O=C1CC[C@H]2[C@H]3CCN(Cc4ccccc4)[C@H]3c3cc(I)ccc3N12. The van der Waals surface area contributed by atoms with Crippen LogP contribution in [0.1, 0.15) is 36.4 Å². The minimum Gasteiger partial charge on any atom is -0.309 e. The summed E-state index contributed by atoms with van der Waals surface area (Å²) in [5, 5.41) is 0. The van der Waals surface area contributed by atoms with Crippen LogP contribution < -0.4 is 4.90 Å². The molecule has 0 bridgehead atoms. The molecule has 3 aliphatic heterocycles. The summed E-state index contributed by atoms with van der Waals surface area (Å²) in [6.45, 7) is 2.11. The average Bonchev–Trinajstić information content (AvgIpc) is 3.20. The number of nitrogens with zero attached hydrogens (tertiary/aromatic N) is 2. The number of likely N-dealkylation sites (tertiary alicyclic amines) is 1. The highest BCUT2D eigenvalue weighted by Gasteiger charge is 2.50. The van der Waals surface area contributed by atoms with Crippen LogP contribution in [0.25, 0.3) is 0 Å². The number of carbonyl (C=O) groups excluding carboxylic acids is 1. The second-order valence-electron chi connectivity index (χ2n) is 7.43. The lowest BCUT2D eigenvalue weighted by Gasteiger charge is -2.42. The van der Waals surface area contributed by atoms with E-state index in [-0.39, 0.29) is 0 Å². The third kappa shape index (κ3) is 2.53. The molecule has 2 fully saturated rings. The van der Waals surface area contributed by atoms with Gasteiger partial charge in [-0.3, -0.25) is 9.69 Å². The van der Waals surface area contributed by atoms with Crippen molar-refractivity contribution in [3.63, 3.8) is 0 Å². The molecule has 0 spiro atoms. The van der Waals surface area contributed by atoms with E-state index < -0.39 is 0 Å². The van der Waals surface area contributed by atoms with Gasteiger partial charge in [0.2, 0.25) is 5.91 Å². The molecule has 0 aliphatic carbocycles. The van der Waals surface area contributed by atoms with E-state index in [0.717, 1.165) is 25.2 Å². The van der Waals surface area contributed by atoms with Gasteiger partial charge in [0, 0.05) is 40.2 Å². The van der Waals surface area contributed by atoms with Gasteiger partial charge in [0.05, 0.1) is 0 Å². The number of benzene rings is 2. The van der Waals surface area contributed by atoms with Crippen molar-refractivity contribution in [3.8, 4) is 0 Å². The first-order valence-electron chi connectivity index (χ1n) is 9.12. The van der Waals surface area contributed by atoms with Crippen molar-refractivity contribution in [3.05, 3.63) is 63.2 Å². The summed E-state index contributed by atoms with van der Waals surface area (Å²) >= 11 is 2.39. The fraction of sp³-hybridized carbons (Fsp3) is 0.381. The summed E-state index contributed by atoms with van der Waals surface area (Å²) in [6, 6.07) is 18.2. The Balaban J connectivity index is 1.57. The highest BCUT2D eigenvalue weighted by Crippen LogP contribution is 2.52. The molecule has 2 saturated heterocycles. The highest BCUT2D eigenvalue weighted by atomic mass is 127. The molecule has 2 aromatic carbocycles. The molecule has 1 amide bonds. The molecule has 0 N–H and O–H groups in total. The van der Waals surface area contributed by atoms with Gasteiger partial charge in [0.15, 0.2) is 0 Å². The van der Waals surface area contributed by atoms with Crippen molar-refractivity contribution in [1.29, 1.82) is 0 Å². The van der Waals surface area contributed by atoms with E-state index in [1.54, 1.807) is 0 Å². The molecule has 2 aromatic rings. The van der Waals surface area contributed by atoms with Crippen LogP contribution in [0.3, 0.4) is 0 Å². The number of hydrogen-bond acceptors (Lipinski definition) is 2. The molecule has 128 valence electrons. The van der Waals surface area contributed by atoms with E-state index in [2.05, 4.69) is 80.9 Å². The average molecular weight is 444 g/mol. The molecule has 3 aliphatic rings. The zero-order valence-electron chi connectivity index (χ0n) is 14.1. The van der Waals surface area contributed by atoms with E-state index in [4.69, 9.17) is 0 Å². The number of rotatable bonds is 2. The molecule has 0 aromatic heterocycles. The van der Waals surface area contributed by atoms with Crippen LogP contribution in [0.2, 0.25) is 0 Å². The normalized spacial score (nSPS) is 28.0. The second-order valence-corrected chi connectivity index (χ2v) is 8.67. The standard InChI is InChI=1S/C21H21IN2O/c22-15-6-7-19-17(12-15)21-16(18-8-9-20(25)24(18)19)10-11-23(21)13-14-4-2-1-3-5-14/h1-7,12,16,18,21H,8-11,13H2/t16-,18+,21-/m1/s1. The Morgan fingerprint density at radius 1 is 1.08 bits per heavy atom. The predicted molar refractivity (Wildman–Crippen MR) is 107 cm³/mol. The van der Waals surface area contributed by atoms with Crippen molar-refractivity contribution in [2.75, 3.05) is 11.4 Å². The molecule has 3 nitrogen and oxygen atoms in total. The molecular weight excluding hydrogens is 423 g/mol. The molecule has 0 saturated carbocycles. The topological polar surface area (TPSA) is 23.6 Å². The molecule has 25 heavy (non-hydrogen) atoms. The van der Waals surface area contributed by atoms with Crippen molar-refractivity contribution in [2.24, 2.45) is 5.92 Å². The van der Waals surface area contributed by atoms with Gasteiger partial charge >= 0.3 is 0 Å². The molecule has 3 atom stereocenters. The minimum absolute atomic E-state index is 0.312. The lowest BCUT2D eigenvalue weighted by Crippen LogP contribution is -2.45. The van der Waals surface area contributed by atoms with Gasteiger partial charge in [-0.05, 0) is 71.3 Å². The van der Waals surface area contributed by atoms with Gasteiger partial charge in [0.25, 0.3) is 0 Å². The maximum absolute atomic E-state index is 12.5. The third-order valence-corrected chi connectivity index (χ3v) is 6.76. The molecular formula is C21H21IN2O. The van der Waals surface area contributed by atoms with Crippen LogP contribution in [0, 0.1) is 9.49 Å². The van der Waals surface area contributed by atoms with E-state index in [9.17, 15) is 4.79 Å². The van der Waals surface area contributed by atoms with E-state index in [1.807, 2.05) is 0 Å². The van der Waals surface area contributed by atoms with E-state index in [1.165, 1.54) is 21.1 Å². The number of carbonyl (C=O) groups is 1. The van der Waals surface area contributed by atoms with Crippen LogP contribution in [0.5, 0.6) is 0 Å². The first kappa shape index (κ1) is 15.8. The monoisotopic (exact) mass is 444 g/mol. The Bertz CT molecular complexity index is 822. The molecule has 5 rings (SSSR count). The largest absolute Gasteiger partial charge is 0.309 e. The van der Waals surface area contributed by atoms with Gasteiger partial charge in [-0.1, -0.05) is 30.3 Å². The maximum atomic E-state index is 12.5. The summed E-state index contributed by atoms with van der Waals surface area (Å²) in [5.41, 5.74) is 3.89. The zero-order chi connectivity index (χ0) is 17.0. The summed E-state index contributed by atoms with van der Waals surface area (Å²) in [6.07, 6.45) is 2.92. The molecule has 0 unspecified atom stereocenters. The van der Waals surface area contributed by atoms with Crippen molar-refractivity contribution in [2.45, 2.75) is 37.9 Å². The Hall–Kier alpha value is -1.40. The summed E-state index contributed by atoms with van der Waals surface area (Å²) in [4.78, 5) is 17.3. The lowest BCUT2D eigenvalue weighted by molar-refractivity contribution is -0.117. The van der Waals surface area contributed by atoms with Gasteiger partial charge in [-0.15, -0.1) is 0 Å². The Labute approximate surface area is 162 Å². The first-order chi connectivity index (χ1) is 12.2. The fourth-order valence-electron chi connectivity index (χ4n) is 5.11. The van der Waals surface area contributed by atoms with Gasteiger partial charge in [-0.25, -0.2) is 0 Å². The van der Waals surface area contributed by atoms with Crippen LogP contribution in [0.4, 0.5) is 5.69 Å². The van der Waals surface area contributed by atoms with Gasteiger partial charge in [0.1, 0.15) is 0 Å². The van der Waals surface area contributed by atoms with E-state index in [0.29, 0.717) is 30.3 Å². The first-order valence-corrected chi connectivity index (χ1v) is 10.2. The second kappa shape index (κ2) is 6.09. The summed E-state index contributed by atoms with van der Waals surface area (Å²) < 4.78 is 1.26. The van der Waals surface area contributed by atoms with Crippen molar-refractivity contribution >= 4 is 34.2 Å². The molecule has 4 heteroatoms. The van der Waals surface area contributed by atoms with Crippen LogP contribution in [-0.4, -0.2) is 23.4 Å². The lowest BCUT2D eigenvalue weighted by atomic mass is 9.81. The highest BCUT2D eigenvalue weighted by molar-refractivity contribution is 14.1. The van der Waals surface area contributed by atoms with Gasteiger partial charge in [-0.2, -0.15) is 0 Å². The Morgan fingerprint density at radius 2 is 1.92 bits per heavy atom.